The summed E-state index contributed by atoms with van der Waals surface area (Å²) < 4.78 is 0. The van der Waals surface area contributed by atoms with Crippen LogP contribution in [-0.2, 0) is 24.1 Å². The number of aryl methyl sites for hydroxylation is 4. The van der Waals surface area contributed by atoms with Crippen LogP contribution in [0.5, 0.6) is 0 Å². The molecule has 1 aliphatic carbocycles. The van der Waals surface area contributed by atoms with E-state index in [0.717, 1.165) is 24.8 Å². The van der Waals surface area contributed by atoms with Crippen LogP contribution in [-0.4, -0.2) is 29.4 Å². The van der Waals surface area contributed by atoms with E-state index in [9.17, 15) is 9.59 Å². The summed E-state index contributed by atoms with van der Waals surface area (Å²) in [5.41, 5.74) is 2.89. The summed E-state index contributed by atoms with van der Waals surface area (Å²) in [6.07, 6.45) is 6.54. The number of benzene rings is 1. The molecular formula is C23H31N3O2S. The molecule has 0 saturated heterocycles. The first-order chi connectivity index (χ1) is 13.9. The fourth-order valence-electron chi connectivity index (χ4n) is 3.62. The molecule has 1 heterocycles. The number of hydrogen-bond acceptors (Lipinski definition) is 4. The highest BCUT2D eigenvalue weighted by atomic mass is 32.1. The van der Waals surface area contributed by atoms with Gasteiger partial charge in [0, 0.05) is 23.4 Å². The monoisotopic (exact) mass is 413 g/mol. The number of rotatable bonds is 8. The van der Waals surface area contributed by atoms with Crippen LogP contribution < -0.4 is 10.6 Å². The van der Waals surface area contributed by atoms with Crippen molar-refractivity contribution in [3.05, 3.63) is 51.0 Å². The summed E-state index contributed by atoms with van der Waals surface area (Å²) >= 11 is 1.83. The molecule has 6 heteroatoms. The van der Waals surface area contributed by atoms with Gasteiger partial charge < -0.3 is 10.6 Å². The quantitative estimate of drug-likeness (QED) is 0.646. The molecule has 1 unspecified atom stereocenters. The van der Waals surface area contributed by atoms with Crippen molar-refractivity contribution in [2.45, 2.75) is 65.3 Å². The van der Waals surface area contributed by atoms with Crippen molar-refractivity contribution < 1.29 is 9.59 Å². The summed E-state index contributed by atoms with van der Waals surface area (Å²) in [5.74, 6) is -0.329. The summed E-state index contributed by atoms with van der Waals surface area (Å²) in [7, 11) is 0. The normalized spacial score (nSPS) is 14.3. The number of carbonyl (C=O) groups excluding carboxylic acids is 2. The van der Waals surface area contributed by atoms with Crippen LogP contribution in [0.1, 0.15) is 64.6 Å². The van der Waals surface area contributed by atoms with Gasteiger partial charge in [0.15, 0.2) is 0 Å². The third-order valence-corrected chi connectivity index (χ3v) is 6.49. The molecule has 1 atom stereocenters. The van der Waals surface area contributed by atoms with Crippen molar-refractivity contribution in [1.82, 2.24) is 15.6 Å². The maximum absolute atomic E-state index is 12.7. The molecule has 2 N–H and O–H groups in total. The number of amides is 2. The lowest BCUT2D eigenvalue weighted by Crippen LogP contribution is -2.49. The second-order valence-corrected chi connectivity index (χ2v) is 9.31. The molecule has 1 aliphatic rings. The van der Waals surface area contributed by atoms with Crippen LogP contribution in [0.3, 0.4) is 0 Å². The Labute approximate surface area is 177 Å². The van der Waals surface area contributed by atoms with Crippen molar-refractivity contribution in [2.24, 2.45) is 5.92 Å². The smallest absolute Gasteiger partial charge is 0.251 e. The summed E-state index contributed by atoms with van der Waals surface area (Å²) in [5, 5.41) is 7.06. The van der Waals surface area contributed by atoms with E-state index in [0.29, 0.717) is 12.1 Å². The number of thiazole rings is 1. The van der Waals surface area contributed by atoms with Crippen molar-refractivity contribution in [1.29, 1.82) is 0 Å². The molecule has 5 nitrogen and oxygen atoms in total. The standard InChI is InChI=1S/C23H31N3O2S/c1-15(2)21(26-22(27)17-9-6-8-16(3)14-17)23(28)24-13-7-12-20-25-18-10-4-5-11-19(18)29-20/h6,8-9,14-15,21H,4-5,7,10-13H2,1-3H3,(H,24,28)(H,26,27). The van der Waals surface area contributed by atoms with Crippen LogP contribution in [0, 0.1) is 12.8 Å². The van der Waals surface area contributed by atoms with Gasteiger partial charge in [0.05, 0.1) is 10.7 Å². The van der Waals surface area contributed by atoms with E-state index in [1.165, 1.54) is 34.8 Å². The maximum Gasteiger partial charge on any atom is 0.251 e. The maximum atomic E-state index is 12.7. The third-order valence-electron chi connectivity index (χ3n) is 5.27. The number of carbonyl (C=O) groups is 2. The first-order valence-electron chi connectivity index (χ1n) is 10.6. The van der Waals surface area contributed by atoms with Gasteiger partial charge in [0.25, 0.3) is 5.91 Å². The molecular weight excluding hydrogens is 382 g/mol. The van der Waals surface area contributed by atoms with Gasteiger partial charge in [-0.05, 0) is 57.1 Å². The van der Waals surface area contributed by atoms with Gasteiger partial charge in [0.2, 0.25) is 5.91 Å². The van der Waals surface area contributed by atoms with Crippen molar-refractivity contribution in [2.75, 3.05) is 6.54 Å². The fourth-order valence-corrected chi connectivity index (χ4v) is 4.82. The largest absolute Gasteiger partial charge is 0.354 e. The SMILES string of the molecule is Cc1cccc(C(=O)NC(C(=O)NCCCc2nc3c(s2)CCCC3)C(C)C)c1. The van der Waals surface area contributed by atoms with Crippen LogP contribution in [0.2, 0.25) is 0 Å². The highest BCUT2D eigenvalue weighted by molar-refractivity contribution is 7.11. The molecule has 29 heavy (non-hydrogen) atoms. The molecule has 0 saturated carbocycles. The van der Waals surface area contributed by atoms with Crippen molar-refractivity contribution in [3.8, 4) is 0 Å². The van der Waals surface area contributed by atoms with E-state index < -0.39 is 6.04 Å². The van der Waals surface area contributed by atoms with Gasteiger partial charge in [-0.15, -0.1) is 11.3 Å². The van der Waals surface area contributed by atoms with Crippen molar-refractivity contribution in [3.63, 3.8) is 0 Å². The molecule has 0 radical (unpaired) electrons. The van der Waals surface area contributed by atoms with E-state index in [1.54, 1.807) is 6.07 Å². The lowest BCUT2D eigenvalue weighted by Gasteiger charge is -2.22. The van der Waals surface area contributed by atoms with E-state index in [1.807, 2.05) is 50.3 Å². The van der Waals surface area contributed by atoms with E-state index in [-0.39, 0.29) is 17.7 Å². The number of nitrogens with one attached hydrogen (secondary N) is 2. The van der Waals surface area contributed by atoms with Crippen LogP contribution in [0.4, 0.5) is 0 Å². The first-order valence-corrected chi connectivity index (χ1v) is 11.4. The molecule has 3 rings (SSSR count). The van der Waals surface area contributed by atoms with Gasteiger partial charge in [-0.2, -0.15) is 0 Å². The number of fused-ring (bicyclic) bond motifs is 1. The van der Waals surface area contributed by atoms with Crippen LogP contribution >= 0.6 is 11.3 Å². The Hall–Kier alpha value is -2.21. The number of nitrogens with zero attached hydrogens (tertiary/aromatic N) is 1. The second kappa shape index (κ2) is 10.0. The summed E-state index contributed by atoms with van der Waals surface area (Å²) in [4.78, 5) is 31.4. The second-order valence-electron chi connectivity index (χ2n) is 8.14. The zero-order valence-electron chi connectivity index (χ0n) is 17.6. The Kier molecular flexibility index (Phi) is 7.42. The Morgan fingerprint density at radius 3 is 2.72 bits per heavy atom. The highest BCUT2D eigenvalue weighted by Gasteiger charge is 2.24. The van der Waals surface area contributed by atoms with E-state index in [4.69, 9.17) is 4.98 Å². The molecule has 0 aliphatic heterocycles. The Morgan fingerprint density at radius 2 is 2.00 bits per heavy atom. The molecule has 2 amide bonds. The molecule has 0 fully saturated rings. The summed E-state index contributed by atoms with van der Waals surface area (Å²) in [6.45, 7) is 6.43. The predicted molar refractivity (Wildman–Crippen MR) is 117 cm³/mol. The van der Waals surface area contributed by atoms with Gasteiger partial charge in [-0.25, -0.2) is 4.98 Å². The van der Waals surface area contributed by atoms with Gasteiger partial charge >= 0.3 is 0 Å². The lowest BCUT2D eigenvalue weighted by atomic mass is 10.0. The zero-order chi connectivity index (χ0) is 20.8. The zero-order valence-corrected chi connectivity index (χ0v) is 18.4. The van der Waals surface area contributed by atoms with Crippen LogP contribution in [0.25, 0.3) is 0 Å². The average molecular weight is 414 g/mol. The average Bonchev–Trinajstić information content (AvgIpc) is 3.11. The minimum absolute atomic E-state index is 0.00875. The van der Waals surface area contributed by atoms with Gasteiger partial charge in [-0.3, -0.25) is 9.59 Å². The fraction of sp³-hybridized carbons (Fsp3) is 0.522. The highest BCUT2D eigenvalue weighted by Crippen LogP contribution is 2.27. The van der Waals surface area contributed by atoms with Crippen molar-refractivity contribution >= 4 is 23.2 Å². The molecule has 0 spiro atoms. The summed E-state index contributed by atoms with van der Waals surface area (Å²) in [6, 6.07) is 6.85. The Morgan fingerprint density at radius 1 is 1.21 bits per heavy atom. The van der Waals surface area contributed by atoms with Crippen LogP contribution in [0.15, 0.2) is 24.3 Å². The number of aromatic nitrogens is 1. The minimum Gasteiger partial charge on any atom is -0.354 e. The molecule has 1 aromatic heterocycles. The topological polar surface area (TPSA) is 71.1 Å². The molecule has 2 aromatic rings. The van der Waals surface area contributed by atoms with E-state index in [2.05, 4.69) is 10.6 Å². The Balaban J connectivity index is 1.48. The predicted octanol–water partition coefficient (Wildman–Crippen LogP) is 3.83. The number of hydrogen-bond donors (Lipinski definition) is 2. The molecule has 0 bridgehead atoms. The molecule has 1 aromatic carbocycles. The Bertz CT molecular complexity index is 836. The van der Waals surface area contributed by atoms with Gasteiger partial charge in [-0.1, -0.05) is 31.5 Å². The van der Waals surface area contributed by atoms with Gasteiger partial charge in [0.1, 0.15) is 6.04 Å². The minimum atomic E-state index is -0.546. The van der Waals surface area contributed by atoms with E-state index >= 15 is 0 Å². The molecule has 156 valence electrons. The third kappa shape index (κ3) is 5.89. The lowest BCUT2D eigenvalue weighted by molar-refractivity contribution is -0.123. The first kappa shape index (κ1) is 21.5.